The number of hydrogen-bond acceptors (Lipinski definition) is 3. The maximum absolute atomic E-state index is 11.0. The summed E-state index contributed by atoms with van der Waals surface area (Å²) in [5.74, 6) is 0.402. The first-order valence-electron chi connectivity index (χ1n) is 5.96. The molecule has 98 valence electrons. The number of carbonyl (C=O) groups is 1. The van der Waals surface area contributed by atoms with Crippen molar-refractivity contribution in [2.24, 2.45) is 0 Å². The fourth-order valence-electron chi connectivity index (χ4n) is 1.66. The highest BCUT2D eigenvalue weighted by molar-refractivity contribution is 5.77. The molecule has 0 aliphatic heterocycles. The van der Waals surface area contributed by atoms with Crippen LogP contribution in [0.4, 0.5) is 0 Å². The van der Waals surface area contributed by atoms with Crippen molar-refractivity contribution in [1.29, 1.82) is 0 Å². The summed E-state index contributed by atoms with van der Waals surface area (Å²) in [6, 6.07) is 17.1. The molecule has 4 heteroatoms. The number of rotatable bonds is 5. The van der Waals surface area contributed by atoms with Crippen LogP contribution in [0.3, 0.4) is 0 Å². The molecule has 0 aliphatic carbocycles. The third kappa shape index (κ3) is 4.12. The van der Waals surface area contributed by atoms with E-state index in [1.54, 1.807) is 5.48 Å². The van der Waals surface area contributed by atoms with Crippen LogP contribution < -0.4 is 10.2 Å². The second-order valence-electron chi connectivity index (χ2n) is 4.13. The summed E-state index contributed by atoms with van der Waals surface area (Å²) in [5.41, 5.74) is 3.48. The van der Waals surface area contributed by atoms with E-state index in [4.69, 9.17) is 9.94 Å². The second kappa shape index (κ2) is 6.56. The summed E-state index contributed by atoms with van der Waals surface area (Å²) in [6.07, 6.45) is 0.163. The first-order valence-corrected chi connectivity index (χ1v) is 5.96. The van der Waals surface area contributed by atoms with E-state index in [-0.39, 0.29) is 6.42 Å². The molecule has 2 rings (SSSR count). The largest absolute Gasteiger partial charge is 0.489 e. The molecule has 4 nitrogen and oxygen atoms in total. The minimum Gasteiger partial charge on any atom is -0.489 e. The SMILES string of the molecule is O=C(Cc1ccc(COc2ccccc2)cc1)NO. The molecule has 0 bridgehead atoms. The lowest BCUT2D eigenvalue weighted by molar-refractivity contribution is -0.128. The maximum atomic E-state index is 11.0. The predicted octanol–water partition coefficient (Wildman–Crippen LogP) is 2.31. The molecule has 0 spiro atoms. The number of amides is 1. The number of hydrogen-bond donors (Lipinski definition) is 2. The number of carbonyl (C=O) groups excluding carboxylic acids is 1. The summed E-state index contributed by atoms with van der Waals surface area (Å²) < 4.78 is 5.61. The van der Waals surface area contributed by atoms with Crippen LogP contribution in [0.25, 0.3) is 0 Å². The van der Waals surface area contributed by atoms with Gasteiger partial charge in [-0.2, -0.15) is 0 Å². The van der Waals surface area contributed by atoms with Gasteiger partial charge in [0.1, 0.15) is 12.4 Å². The van der Waals surface area contributed by atoms with Crippen LogP contribution in [0, 0.1) is 0 Å². The molecular formula is C15H15NO3. The van der Waals surface area contributed by atoms with Crippen LogP contribution >= 0.6 is 0 Å². The van der Waals surface area contributed by atoms with Gasteiger partial charge in [-0.15, -0.1) is 0 Å². The Morgan fingerprint density at radius 1 is 1.00 bits per heavy atom. The Hall–Kier alpha value is -2.33. The van der Waals surface area contributed by atoms with Crippen molar-refractivity contribution >= 4 is 5.91 Å². The lowest BCUT2D eigenvalue weighted by Gasteiger charge is -2.06. The second-order valence-corrected chi connectivity index (χ2v) is 4.13. The van der Waals surface area contributed by atoms with E-state index in [9.17, 15) is 4.79 Å². The third-order valence-electron chi connectivity index (χ3n) is 2.66. The van der Waals surface area contributed by atoms with Gasteiger partial charge in [-0.3, -0.25) is 10.0 Å². The van der Waals surface area contributed by atoms with Crippen molar-refractivity contribution in [3.05, 3.63) is 65.7 Å². The first kappa shape index (κ1) is 13.1. The van der Waals surface area contributed by atoms with Crippen molar-refractivity contribution < 1.29 is 14.7 Å². The average molecular weight is 257 g/mol. The topological polar surface area (TPSA) is 58.6 Å². The third-order valence-corrected chi connectivity index (χ3v) is 2.66. The van der Waals surface area contributed by atoms with Crippen molar-refractivity contribution in [2.45, 2.75) is 13.0 Å². The fraction of sp³-hybridized carbons (Fsp3) is 0.133. The number of hydroxylamine groups is 1. The zero-order chi connectivity index (χ0) is 13.5. The molecule has 1 amide bonds. The molecule has 0 unspecified atom stereocenters. The van der Waals surface area contributed by atoms with E-state index in [1.165, 1.54) is 0 Å². The Morgan fingerprint density at radius 3 is 2.26 bits per heavy atom. The van der Waals surface area contributed by atoms with Crippen LogP contribution in [0.5, 0.6) is 5.75 Å². The average Bonchev–Trinajstić information content (AvgIpc) is 2.47. The van der Waals surface area contributed by atoms with E-state index >= 15 is 0 Å². The minimum absolute atomic E-state index is 0.163. The summed E-state index contributed by atoms with van der Waals surface area (Å²) in [5, 5.41) is 8.44. The molecule has 0 saturated carbocycles. The quantitative estimate of drug-likeness (QED) is 0.638. The first-order chi connectivity index (χ1) is 9.28. The molecular weight excluding hydrogens is 242 g/mol. The van der Waals surface area contributed by atoms with Crippen LogP contribution in [-0.2, 0) is 17.8 Å². The number of nitrogens with one attached hydrogen (secondary N) is 1. The Kier molecular flexibility index (Phi) is 4.53. The summed E-state index contributed by atoms with van der Waals surface area (Å²) in [6.45, 7) is 0.483. The van der Waals surface area contributed by atoms with Crippen LogP contribution in [0.2, 0.25) is 0 Å². The van der Waals surface area contributed by atoms with Crippen molar-refractivity contribution in [1.82, 2.24) is 5.48 Å². The number of benzene rings is 2. The van der Waals surface area contributed by atoms with Crippen molar-refractivity contribution in [2.75, 3.05) is 0 Å². The van der Waals surface area contributed by atoms with Gasteiger partial charge in [-0.1, -0.05) is 42.5 Å². The molecule has 2 aromatic rings. The molecule has 0 heterocycles. The molecule has 0 atom stereocenters. The van der Waals surface area contributed by atoms with Crippen LogP contribution in [0.1, 0.15) is 11.1 Å². The monoisotopic (exact) mass is 257 g/mol. The van der Waals surface area contributed by atoms with Gasteiger partial charge in [0.25, 0.3) is 0 Å². The van der Waals surface area contributed by atoms with Gasteiger partial charge >= 0.3 is 0 Å². The highest BCUT2D eigenvalue weighted by Crippen LogP contribution is 2.12. The Bertz CT molecular complexity index is 523. The lowest BCUT2D eigenvalue weighted by atomic mass is 10.1. The Morgan fingerprint density at radius 2 is 1.63 bits per heavy atom. The lowest BCUT2D eigenvalue weighted by Crippen LogP contribution is -2.20. The fourth-order valence-corrected chi connectivity index (χ4v) is 1.66. The molecule has 0 saturated heterocycles. The van der Waals surface area contributed by atoms with Gasteiger partial charge in [0.15, 0.2) is 0 Å². The molecule has 19 heavy (non-hydrogen) atoms. The highest BCUT2D eigenvalue weighted by Gasteiger charge is 2.02. The highest BCUT2D eigenvalue weighted by atomic mass is 16.5. The molecule has 2 N–H and O–H groups in total. The van der Waals surface area contributed by atoms with E-state index < -0.39 is 5.91 Å². The molecule has 0 aliphatic rings. The normalized spacial score (nSPS) is 9.95. The number of para-hydroxylation sites is 1. The van der Waals surface area contributed by atoms with Crippen molar-refractivity contribution in [3.63, 3.8) is 0 Å². The molecule has 0 aromatic heterocycles. The van der Waals surface area contributed by atoms with E-state index in [0.29, 0.717) is 6.61 Å². The summed E-state index contributed by atoms with van der Waals surface area (Å²) >= 11 is 0. The van der Waals surface area contributed by atoms with E-state index in [2.05, 4.69) is 0 Å². The number of ether oxygens (including phenoxy) is 1. The molecule has 2 aromatic carbocycles. The van der Waals surface area contributed by atoms with Gasteiger partial charge in [-0.25, -0.2) is 5.48 Å². The van der Waals surface area contributed by atoms with Crippen LogP contribution in [0.15, 0.2) is 54.6 Å². The predicted molar refractivity (Wildman–Crippen MR) is 70.8 cm³/mol. The molecule has 0 radical (unpaired) electrons. The zero-order valence-electron chi connectivity index (χ0n) is 10.4. The zero-order valence-corrected chi connectivity index (χ0v) is 10.4. The Balaban J connectivity index is 1.90. The smallest absolute Gasteiger partial charge is 0.247 e. The summed E-state index contributed by atoms with van der Waals surface area (Å²) in [7, 11) is 0. The summed E-state index contributed by atoms with van der Waals surface area (Å²) in [4.78, 5) is 11.0. The van der Waals surface area contributed by atoms with Gasteiger partial charge in [0.05, 0.1) is 6.42 Å². The van der Waals surface area contributed by atoms with Gasteiger partial charge in [0.2, 0.25) is 5.91 Å². The van der Waals surface area contributed by atoms with Gasteiger partial charge < -0.3 is 4.74 Å². The maximum Gasteiger partial charge on any atom is 0.247 e. The van der Waals surface area contributed by atoms with Crippen molar-refractivity contribution in [3.8, 4) is 5.75 Å². The Labute approximate surface area is 111 Å². The van der Waals surface area contributed by atoms with Crippen LogP contribution in [-0.4, -0.2) is 11.1 Å². The molecule has 0 fully saturated rings. The standard InChI is InChI=1S/C15H15NO3/c17-15(16-18)10-12-6-8-13(9-7-12)11-19-14-4-2-1-3-5-14/h1-9,18H,10-11H2,(H,16,17). The minimum atomic E-state index is -0.423. The van der Waals surface area contributed by atoms with Gasteiger partial charge in [-0.05, 0) is 23.3 Å². The van der Waals surface area contributed by atoms with E-state index in [1.807, 2.05) is 54.6 Å². The van der Waals surface area contributed by atoms with Gasteiger partial charge in [0, 0.05) is 0 Å². The van der Waals surface area contributed by atoms with E-state index in [0.717, 1.165) is 16.9 Å².